The third kappa shape index (κ3) is 4.13. The predicted octanol–water partition coefficient (Wildman–Crippen LogP) is 3.62. The second-order valence-corrected chi connectivity index (χ2v) is 5.37. The monoisotopic (exact) mass is 282 g/mol. The van der Waals surface area contributed by atoms with E-state index in [1.165, 1.54) is 26.4 Å². The minimum atomic E-state index is -0.208. The molecule has 0 aliphatic heterocycles. The fourth-order valence-corrected chi connectivity index (χ4v) is 2.24. The molecule has 3 nitrogen and oxygen atoms in total. The number of benzene rings is 1. The van der Waals surface area contributed by atoms with E-state index in [2.05, 4.69) is 4.74 Å². The number of hydrogen-bond donors (Lipinski definition) is 0. The third-order valence-corrected chi connectivity index (χ3v) is 3.79. The summed E-state index contributed by atoms with van der Waals surface area (Å²) in [5, 5.41) is 0.658. The summed E-state index contributed by atoms with van der Waals surface area (Å²) in [6, 6.07) is 5.57. The molecule has 19 heavy (non-hydrogen) atoms. The van der Waals surface area contributed by atoms with Crippen molar-refractivity contribution in [2.24, 2.45) is 5.92 Å². The molecule has 2 rings (SSSR count). The minimum absolute atomic E-state index is 0.208. The van der Waals surface area contributed by atoms with Gasteiger partial charge in [-0.05, 0) is 42.9 Å². The SMILES string of the molecule is COC(=O)CCc1ccc(Cl)cc1OCC1CCC1. The maximum atomic E-state index is 11.2. The van der Waals surface area contributed by atoms with E-state index in [0.29, 0.717) is 23.8 Å². The van der Waals surface area contributed by atoms with Crippen molar-refractivity contribution in [3.63, 3.8) is 0 Å². The summed E-state index contributed by atoms with van der Waals surface area (Å²) in [6.07, 6.45) is 4.77. The van der Waals surface area contributed by atoms with Crippen LogP contribution < -0.4 is 4.74 Å². The van der Waals surface area contributed by atoms with E-state index >= 15 is 0 Å². The van der Waals surface area contributed by atoms with Gasteiger partial charge in [0.1, 0.15) is 5.75 Å². The number of halogens is 1. The summed E-state index contributed by atoms with van der Waals surface area (Å²) in [5.41, 5.74) is 1.01. The number of ether oxygens (including phenoxy) is 2. The first-order chi connectivity index (χ1) is 9.19. The van der Waals surface area contributed by atoms with Crippen LogP contribution in [-0.2, 0) is 16.0 Å². The molecule has 0 bridgehead atoms. The summed E-state index contributed by atoms with van der Waals surface area (Å²) in [5.74, 6) is 1.26. The lowest BCUT2D eigenvalue weighted by Crippen LogP contribution is -2.19. The Balaban J connectivity index is 1.97. The van der Waals surface area contributed by atoms with Gasteiger partial charge in [0.05, 0.1) is 13.7 Å². The Morgan fingerprint density at radius 3 is 2.84 bits per heavy atom. The van der Waals surface area contributed by atoms with Gasteiger partial charge in [0.25, 0.3) is 0 Å². The molecule has 0 radical (unpaired) electrons. The van der Waals surface area contributed by atoms with Crippen LogP contribution in [-0.4, -0.2) is 19.7 Å². The molecule has 1 saturated carbocycles. The average Bonchev–Trinajstić information content (AvgIpc) is 2.35. The van der Waals surface area contributed by atoms with E-state index in [9.17, 15) is 4.79 Å². The molecule has 0 amide bonds. The van der Waals surface area contributed by atoms with Crippen molar-refractivity contribution in [2.45, 2.75) is 32.1 Å². The quantitative estimate of drug-likeness (QED) is 0.748. The first kappa shape index (κ1) is 14.2. The Bertz CT molecular complexity index is 441. The number of methoxy groups -OCH3 is 1. The van der Waals surface area contributed by atoms with Crippen molar-refractivity contribution < 1.29 is 14.3 Å². The van der Waals surface area contributed by atoms with Gasteiger partial charge in [0, 0.05) is 11.4 Å². The number of carbonyl (C=O) groups is 1. The van der Waals surface area contributed by atoms with Crippen LogP contribution in [0.4, 0.5) is 0 Å². The van der Waals surface area contributed by atoms with E-state index in [1.54, 1.807) is 0 Å². The molecular weight excluding hydrogens is 264 g/mol. The van der Waals surface area contributed by atoms with Gasteiger partial charge in [-0.1, -0.05) is 24.1 Å². The van der Waals surface area contributed by atoms with Gasteiger partial charge in [-0.2, -0.15) is 0 Å². The Hall–Kier alpha value is -1.22. The molecule has 1 fully saturated rings. The van der Waals surface area contributed by atoms with Gasteiger partial charge in [-0.3, -0.25) is 4.79 Å². The molecule has 1 aromatic rings. The third-order valence-electron chi connectivity index (χ3n) is 3.55. The van der Waals surface area contributed by atoms with Crippen molar-refractivity contribution in [3.05, 3.63) is 28.8 Å². The molecule has 0 unspecified atom stereocenters. The molecule has 1 aliphatic carbocycles. The van der Waals surface area contributed by atoms with Gasteiger partial charge in [-0.15, -0.1) is 0 Å². The number of esters is 1. The summed E-state index contributed by atoms with van der Waals surface area (Å²) in [7, 11) is 1.40. The van der Waals surface area contributed by atoms with E-state index in [-0.39, 0.29) is 5.97 Å². The predicted molar refractivity (Wildman–Crippen MR) is 74.6 cm³/mol. The van der Waals surface area contributed by atoms with E-state index in [1.807, 2.05) is 18.2 Å². The van der Waals surface area contributed by atoms with Crippen LogP contribution in [0.3, 0.4) is 0 Å². The zero-order valence-corrected chi connectivity index (χ0v) is 11.9. The minimum Gasteiger partial charge on any atom is -0.493 e. The Morgan fingerprint density at radius 2 is 2.21 bits per heavy atom. The molecule has 104 valence electrons. The standard InChI is InChI=1S/C15H19ClO3/c1-18-15(17)8-6-12-5-7-13(16)9-14(12)19-10-11-3-2-4-11/h5,7,9,11H,2-4,6,8,10H2,1H3. The smallest absolute Gasteiger partial charge is 0.305 e. The van der Waals surface area contributed by atoms with Gasteiger partial charge in [0.2, 0.25) is 0 Å². The molecule has 0 atom stereocenters. The van der Waals surface area contributed by atoms with Crippen LogP contribution in [0, 0.1) is 5.92 Å². The highest BCUT2D eigenvalue weighted by atomic mass is 35.5. The highest BCUT2D eigenvalue weighted by Crippen LogP contribution is 2.29. The van der Waals surface area contributed by atoms with Gasteiger partial charge in [-0.25, -0.2) is 0 Å². The molecule has 0 N–H and O–H groups in total. The lowest BCUT2D eigenvalue weighted by atomic mass is 9.86. The molecular formula is C15H19ClO3. The number of hydrogen-bond acceptors (Lipinski definition) is 3. The second kappa shape index (κ2) is 6.80. The van der Waals surface area contributed by atoms with Crippen LogP contribution in [0.5, 0.6) is 5.75 Å². The fraction of sp³-hybridized carbons (Fsp3) is 0.533. The highest BCUT2D eigenvalue weighted by molar-refractivity contribution is 6.30. The topological polar surface area (TPSA) is 35.5 Å². The second-order valence-electron chi connectivity index (χ2n) is 4.94. The van der Waals surface area contributed by atoms with Crippen molar-refractivity contribution >= 4 is 17.6 Å². The van der Waals surface area contributed by atoms with E-state index in [0.717, 1.165) is 17.9 Å². The fourth-order valence-electron chi connectivity index (χ4n) is 2.08. The van der Waals surface area contributed by atoms with E-state index < -0.39 is 0 Å². The molecule has 0 saturated heterocycles. The zero-order valence-electron chi connectivity index (χ0n) is 11.2. The number of aryl methyl sites for hydroxylation is 1. The molecule has 0 aromatic heterocycles. The first-order valence-electron chi connectivity index (χ1n) is 6.67. The van der Waals surface area contributed by atoms with Crippen molar-refractivity contribution in [2.75, 3.05) is 13.7 Å². The lowest BCUT2D eigenvalue weighted by Gasteiger charge is -2.25. The summed E-state index contributed by atoms with van der Waals surface area (Å²) < 4.78 is 10.5. The van der Waals surface area contributed by atoms with Crippen LogP contribution in [0.2, 0.25) is 5.02 Å². The van der Waals surface area contributed by atoms with Crippen molar-refractivity contribution in [1.29, 1.82) is 0 Å². The largest absolute Gasteiger partial charge is 0.493 e. The summed E-state index contributed by atoms with van der Waals surface area (Å²) in [6.45, 7) is 0.742. The Kier molecular flexibility index (Phi) is 5.08. The molecule has 1 aromatic carbocycles. The zero-order chi connectivity index (χ0) is 13.7. The molecule has 1 aliphatic rings. The Morgan fingerprint density at radius 1 is 1.42 bits per heavy atom. The number of rotatable bonds is 6. The lowest BCUT2D eigenvalue weighted by molar-refractivity contribution is -0.140. The summed E-state index contributed by atoms with van der Waals surface area (Å²) >= 11 is 6.00. The van der Waals surface area contributed by atoms with Gasteiger partial charge < -0.3 is 9.47 Å². The molecule has 4 heteroatoms. The highest BCUT2D eigenvalue weighted by Gasteiger charge is 2.18. The van der Waals surface area contributed by atoms with Gasteiger partial charge >= 0.3 is 5.97 Å². The molecule has 0 heterocycles. The molecule has 0 spiro atoms. The van der Waals surface area contributed by atoms with Crippen LogP contribution in [0.1, 0.15) is 31.2 Å². The van der Waals surface area contributed by atoms with Crippen LogP contribution in [0.25, 0.3) is 0 Å². The van der Waals surface area contributed by atoms with Crippen LogP contribution >= 0.6 is 11.6 Å². The maximum Gasteiger partial charge on any atom is 0.305 e. The Labute approximate surface area is 118 Å². The average molecular weight is 283 g/mol. The van der Waals surface area contributed by atoms with Crippen molar-refractivity contribution in [1.82, 2.24) is 0 Å². The van der Waals surface area contributed by atoms with Gasteiger partial charge in [0.15, 0.2) is 0 Å². The normalized spacial score (nSPS) is 14.8. The summed E-state index contributed by atoms with van der Waals surface area (Å²) in [4.78, 5) is 11.2. The number of carbonyl (C=O) groups excluding carboxylic acids is 1. The van der Waals surface area contributed by atoms with Crippen molar-refractivity contribution in [3.8, 4) is 5.75 Å². The maximum absolute atomic E-state index is 11.2. The first-order valence-corrected chi connectivity index (χ1v) is 7.05. The van der Waals surface area contributed by atoms with E-state index in [4.69, 9.17) is 16.3 Å². The van der Waals surface area contributed by atoms with Crippen LogP contribution in [0.15, 0.2) is 18.2 Å².